The summed E-state index contributed by atoms with van der Waals surface area (Å²) in [4.78, 5) is 36.0. The van der Waals surface area contributed by atoms with Crippen molar-refractivity contribution in [2.75, 3.05) is 31.1 Å². The zero-order valence-corrected chi connectivity index (χ0v) is 16.6. The number of H-pyrrole nitrogens is 1. The lowest BCUT2D eigenvalue weighted by molar-refractivity contribution is 0.248. The molecule has 1 aliphatic heterocycles. The minimum absolute atomic E-state index is 0.378. The van der Waals surface area contributed by atoms with Gasteiger partial charge in [-0.15, -0.1) is 0 Å². The molecule has 1 N–H and O–H groups in total. The Bertz CT molecular complexity index is 1120. The summed E-state index contributed by atoms with van der Waals surface area (Å²) in [6.07, 6.45) is 0. The Morgan fingerprint density at radius 1 is 1.14 bits per heavy atom. The van der Waals surface area contributed by atoms with Crippen molar-refractivity contribution in [3.05, 3.63) is 56.2 Å². The summed E-state index contributed by atoms with van der Waals surface area (Å²) in [6.45, 7) is 9.19. The van der Waals surface area contributed by atoms with Crippen molar-refractivity contribution < 1.29 is 0 Å². The van der Waals surface area contributed by atoms with Gasteiger partial charge in [-0.05, 0) is 19.4 Å². The van der Waals surface area contributed by atoms with Crippen LogP contribution >= 0.6 is 0 Å². The Morgan fingerprint density at radius 2 is 1.89 bits per heavy atom. The van der Waals surface area contributed by atoms with Crippen molar-refractivity contribution >= 4 is 17.1 Å². The van der Waals surface area contributed by atoms with Gasteiger partial charge in [0.1, 0.15) is 0 Å². The third kappa shape index (κ3) is 3.24. The third-order valence-electron chi connectivity index (χ3n) is 5.45. The fourth-order valence-corrected chi connectivity index (χ4v) is 3.94. The molecule has 148 valence electrons. The Labute approximate surface area is 163 Å². The molecule has 0 saturated carbocycles. The van der Waals surface area contributed by atoms with Gasteiger partial charge in [0.15, 0.2) is 11.2 Å². The van der Waals surface area contributed by atoms with Gasteiger partial charge in [-0.2, -0.15) is 4.98 Å². The van der Waals surface area contributed by atoms with Crippen LogP contribution in [0.4, 0.5) is 5.95 Å². The lowest BCUT2D eigenvalue weighted by Gasteiger charge is -2.35. The Morgan fingerprint density at radius 3 is 2.57 bits per heavy atom. The lowest BCUT2D eigenvalue weighted by Crippen LogP contribution is -2.46. The van der Waals surface area contributed by atoms with Crippen LogP contribution < -0.4 is 16.1 Å². The number of benzene rings is 1. The zero-order valence-electron chi connectivity index (χ0n) is 16.6. The van der Waals surface area contributed by atoms with E-state index in [0.29, 0.717) is 17.7 Å². The average Bonchev–Trinajstić information content (AvgIpc) is 3.07. The SMILES string of the molecule is CCn1c(N2CCN(Cc3cccc(C)c3)CC2)nc2c1c(=O)[nH]c(=O)n2C. The van der Waals surface area contributed by atoms with Crippen molar-refractivity contribution in [1.82, 2.24) is 24.0 Å². The van der Waals surface area contributed by atoms with Crippen LogP contribution in [-0.4, -0.2) is 50.2 Å². The number of nitrogens with zero attached hydrogens (tertiary/aromatic N) is 5. The number of anilines is 1. The molecule has 1 aromatic carbocycles. The highest BCUT2D eigenvalue weighted by molar-refractivity contribution is 5.74. The maximum Gasteiger partial charge on any atom is 0.329 e. The second-order valence-corrected chi connectivity index (χ2v) is 7.40. The zero-order chi connectivity index (χ0) is 19.8. The minimum atomic E-state index is -0.437. The van der Waals surface area contributed by atoms with Crippen LogP contribution in [0.25, 0.3) is 11.2 Å². The average molecular weight is 382 g/mol. The van der Waals surface area contributed by atoms with Gasteiger partial charge < -0.3 is 9.47 Å². The molecule has 0 radical (unpaired) electrons. The van der Waals surface area contributed by atoms with Crippen LogP contribution in [0.5, 0.6) is 0 Å². The standard InChI is InChI=1S/C20H26N6O2/c1-4-26-16-17(23(3)20(28)22-18(16)27)21-19(26)25-10-8-24(9-11-25)13-15-7-5-6-14(2)12-15/h5-7,12H,4,8-11,13H2,1-3H3,(H,22,27,28). The van der Waals surface area contributed by atoms with E-state index in [9.17, 15) is 9.59 Å². The third-order valence-corrected chi connectivity index (χ3v) is 5.45. The van der Waals surface area contributed by atoms with Gasteiger partial charge in [0.25, 0.3) is 5.56 Å². The summed E-state index contributed by atoms with van der Waals surface area (Å²) in [5, 5.41) is 0. The number of piperazine rings is 1. The van der Waals surface area contributed by atoms with E-state index in [1.54, 1.807) is 7.05 Å². The molecule has 0 aliphatic carbocycles. The van der Waals surface area contributed by atoms with Crippen molar-refractivity contribution in [3.8, 4) is 0 Å². The molecule has 0 amide bonds. The molecule has 1 aliphatic rings. The highest BCUT2D eigenvalue weighted by Crippen LogP contribution is 2.21. The predicted octanol–water partition coefficient (Wildman–Crippen LogP) is 1.07. The van der Waals surface area contributed by atoms with Gasteiger partial charge in [-0.25, -0.2) is 4.79 Å². The lowest BCUT2D eigenvalue weighted by atomic mass is 10.1. The van der Waals surface area contributed by atoms with E-state index in [2.05, 4.69) is 51.0 Å². The number of imidazole rings is 1. The van der Waals surface area contributed by atoms with Crippen LogP contribution in [0.3, 0.4) is 0 Å². The van der Waals surface area contributed by atoms with Crippen LogP contribution in [0.1, 0.15) is 18.1 Å². The minimum Gasteiger partial charge on any atom is -0.340 e. The van der Waals surface area contributed by atoms with Crippen molar-refractivity contribution in [2.45, 2.75) is 26.9 Å². The van der Waals surface area contributed by atoms with Crippen molar-refractivity contribution in [2.24, 2.45) is 7.05 Å². The molecule has 0 bridgehead atoms. The second kappa shape index (κ2) is 7.27. The van der Waals surface area contributed by atoms with E-state index in [1.807, 2.05) is 11.5 Å². The summed E-state index contributed by atoms with van der Waals surface area (Å²) < 4.78 is 3.31. The Hall–Kier alpha value is -2.87. The highest BCUT2D eigenvalue weighted by atomic mass is 16.2. The maximum atomic E-state index is 12.4. The first-order valence-corrected chi connectivity index (χ1v) is 9.70. The largest absolute Gasteiger partial charge is 0.340 e. The number of fused-ring (bicyclic) bond motifs is 1. The molecule has 1 fully saturated rings. The molecular formula is C20H26N6O2. The van der Waals surface area contributed by atoms with E-state index in [4.69, 9.17) is 0 Å². The van der Waals surface area contributed by atoms with Gasteiger partial charge >= 0.3 is 5.69 Å². The molecule has 28 heavy (non-hydrogen) atoms. The second-order valence-electron chi connectivity index (χ2n) is 7.40. The number of aryl methyl sites for hydroxylation is 3. The molecule has 4 rings (SSSR count). The molecule has 3 aromatic rings. The molecule has 0 atom stereocenters. The molecule has 2 aromatic heterocycles. The van der Waals surface area contributed by atoms with Crippen LogP contribution in [-0.2, 0) is 20.1 Å². The predicted molar refractivity (Wildman–Crippen MR) is 110 cm³/mol. The molecule has 0 unspecified atom stereocenters. The molecule has 8 heteroatoms. The first kappa shape index (κ1) is 18.5. The van der Waals surface area contributed by atoms with Gasteiger partial charge in [0.2, 0.25) is 5.95 Å². The van der Waals surface area contributed by atoms with E-state index in [0.717, 1.165) is 38.7 Å². The maximum absolute atomic E-state index is 12.4. The number of hydrogen-bond donors (Lipinski definition) is 1. The number of aromatic amines is 1. The topological polar surface area (TPSA) is 79.2 Å². The molecule has 1 saturated heterocycles. The van der Waals surface area contributed by atoms with Crippen LogP contribution in [0.15, 0.2) is 33.9 Å². The van der Waals surface area contributed by atoms with Gasteiger partial charge in [0, 0.05) is 46.3 Å². The number of aromatic nitrogens is 4. The van der Waals surface area contributed by atoms with Crippen LogP contribution in [0.2, 0.25) is 0 Å². The summed E-state index contributed by atoms with van der Waals surface area (Å²) in [7, 11) is 1.64. The molecule has 0 spiro atoms. The number of rotatable bonds is 4. The van der Waals surface area contributed by atoms with Gasteiger partial charge in [0.05, 0.1) is 0 Å². The smallest absolute Gasteiger partial charge is 0.329 e. The quantitative estimate of drug-likeness (QED) is 0.730. The van der Waals surface area contributed by atoms with Crippen molar-refractivity contribution in [3.63, 3.8) is 0 Å². The molecule has 8 nitrogen and oxygen atoms in total. The number of hydrogen-bond acceptors (Lipinski definition) is 5. The Balaban J connectivity index is 1.57. The first-order chi connectivity index (χ1) is 13.5. The monoisotopic (exact) mass is 382 g/mol. The summed E-state index contributed by atoms with van der Waals surface area (Å²) in [5.74, 6) is 0.763. The van der Waals surface area contributed by atoms with Crippen LogP contribution in [0, 0.1) is 6.92 Å². The fraction of sp³-hybridized carbons (Fsp3) is 0.450. The van der Waals surface area contributed by atoms with Gasteiger partial charge in [-0.1, -0.05) is 29.8 Å². The normalized spacial score (nSPS) is 15.5. The molecule has 3 heterocycles. The summed E-state index contributed by atoms with van der Waals surface area (Å²) >= 11 is 0. The van der Waals surface area contributed by atoms with E-state index < -0.39 is 5.69 Å². The van der Waals surface area contributed by atoms with E-state index in [-0.39, 0.29) is 5.56 Å². The van der Waals surface area contributed by atoms with E-state index in [1.165, 1.54) is 15.7 Å². The van der Waals surface area contributed by atoms with E-state index >= 15 is 0 Å². The first-order valence-electron chi connectivity index (χ1n) is 9.70. The highest BCUT2D eigenvalue weighted by Gasteiger charge is 2.24. The summed E-state index contributed by atoms with van der Waals surface area (Å²) in [6, 6.07) is 8.62. The van der Waals surface area contributed by atoms with Gasteiger partial charge in [-0.3, -0.25) is 19.2 Å². The van der Waals surface area contributed by atoms with Crippen molar-refractivity contribution in [1.29, 1.82) is 0 Å². The fourth-order valence-electron chi connectivity index (χ4n) is 3.94. The number of nitrogens with one attached hydrogen (secondary N) is 1. The summed E-state index contributed by atoms with van der Waals surface area (Å²) in [5.41, 5.74) is 2.69. The Kier molecular flexibility index (Phi) is 4.80. The molecular weight excluding hydrogens is 356 g/mol.